The third-order valence-electron chi connectivity index (χ3n) is 3.40. The highest BCUT2D eigenvalue weighted by Gasteiger charge is 2.21. The Morgan fingerprint density at radius 3 is 2.27 bits per heavy atom. The summed E-state index contributed by atoms with van der Waals surface area (Å²) in [6, 6.07) is 15.3. The van der Waals surface area contributed by atoms with Crippen molar-refractivity contribution < 1.29 is 13.5 Å². The highest BCUT2D eigenvalue weighted by atomic mass is 32.2. The van der Waals surface area contributed by atoms with Crippen molar-refractivity contribution in [3.05, 3.63) is 65.6 Å². The van der Waals surface area contributed by atoms with Crippen LogP contribution in [0.25, 0.3) is 15.7 Å². The molecule has 0 bridgehead atoms. The largest absolute Gasteiger partial charge is 0.867 e. The van der Waals surface area contributed by atoms with E-state index in [1.165, 1.54) is 42.5 Å². The number of nitrogens with zero attached hydrogens (tertiary/aromatic N) is 2. The lowest BCUT2D eigenvalue weighted by Gasteiger charge is -2.11. The molecule has 0 unspecified atom stereocenters. The van der Waals surface area contributed by atoms with Gasteiger partial charge in [-0.1, -0.05) is 30.3 Å². The van der Waals surface area contributed by atoms with Crippen LogP contribution in [0.15, 0.2) is 70.5 Å². The van der Waals surface area contributed by atoms with Crippen LogP contribution in [0.4, 0.5) is 5.69 Å². The summed E-state index contributed by atoms with van der Waals surface area (Å²) in [6.07, 6.45) is 0. The lowest BCUT2D eigenvalue weighted by Crippen LogP contribution is -2.03. The van der Waals surface area contributed by atoms with Crippen molar-refractivity contribution in [1.82, 2.24) is 0 Å². The van der Waals surface area contributed by atoms with Crippen LogP contribution in [0, 0.1) is 5.39 Å². The van der Waals surface area contributed by atoms with Crippen molar-refractivity contribution in [2.75, 3.05) is 0 Å². The monoisotopic (exact) mass is 310 g/mol. The van der Waals surface area contributed by atoms with E-state index in [4.69, 9.17) is 5.39 Å². The molecule has 0 radical (unpaired) electrons. The Morgan fingerprint density at radius 2 is 1.59 bits per heavy atom. The van der Waals surface area contributed by atoms with Gasteiger partial charge >= 0.3 is 5.69 Å². The van der Waals surface area contributed by atoms with E-state index >= 15 is 0 Å². The average Bonchev–Trinajstić information content (AvgIpc) is 2.55. The fourth-order valence-corrected chi connectivity index (χ4v) is 3.82. The van der Waals surface area contributed by atoms with E-state index in [-0.39, 0.29) is 20.9 Å². The highest BCUT2D eigenvalue weighted by Crippen LogP contribution is 2.36. The van der Waals surface area contributed by atoms with Gasteiger partial charge in [-0.05, 0) is 35.4 Å². The molecule has 5 nitrogen and oxygen atoms in total. The summed E-state index contributed by atoms with van der Waals surface area (Å²) in [6.45, 7) is 0. The normalized spacial score (nSPS) is 11.2. The molecule has 108 valence electrons. The molecule has 0 aliphatic rings. The molecule has 0 aliphatic carbocycles. The molecule has 22 heavy (non-hydrogen) atoms. The van der Waals surface area contributed by atoms with Crippen molar-refractivity contribution in [3.63, 3.8) is 0 Å². The van der Waals surface area contributed by atoms with Crippen LogP contribution in [0.1, 0.15) is 0 Å². The zero-order valence-electron chi connectivity index (χ0n) is 11.3. The summed E-state index contributed by atoms with van der Waals surface area (Å²) in [5, 5.41) is 21.4. The second-order valence-electron chi connectivity index (χ2n) is 4.68. The number of rotatable bonds is 2. The molecule has 0 aliphatic heterocycles. The van der Waals surface area contributed by atoms with Gasteiger partial charge in [-0.3, -0.25) is 0 Å². The molecule has 0 saturated carbocycles. The number of hydrogen-bond donors (Lipinski definition) is 0. The van der Waals surface area contributed by atoms with E-state index < -0.39 is 15.6 Å². The quantitative estimate of drug-likeness (QED) is 0.680. The Labute approximate surface area is 127 Å². The first-order valence-electron chi connectivity index (χ1n) is 6.43. The van der Waals surface area contributed by atoms with Crippen molar-refractivity contribution in [2.24, 2.45) is 0 Å². The fourth-order valence-electron chi connectivity index (χ4n) is 2.33. The second kappa shape index (κ2) is 5.13. The maximum absolute atomic E-state index is 12.7. The van der Waals surface area contributed by atoms with Crippen molar-refractivity contribution in [2.45, 2.75) is 9.79 Å². The molecule has 0 N–H and O–H groups in total. The summed E-state index contributed by atoms with van der Waals surface area (Å²) in [5.41, 5.74) is -0.123. The van der Waals surface area contributed by atoms with Gasteiger partial charge in [-0.2, -0.15) is 0 Å². The molecule has 0 saturated heterocycles. The van der Waals surface area contributed by atoms with Crippen LogP contribution >= 0.6 is 0 Å². The van der Waals surface area contributed by atoms with Gasteiger partial charge in [0.05, 0.1) is 9.79 Å². The lowest BCUT2D eigenvalue weighted by atomic mass is 10.1. The van der Waals surface area contributed by atoms with Crippen LogP contribution < -0.4 is 5.11 Å². The van der Waals surface area contributed by atoms with Crippen molar-refractivity contribution in [3.8, 4) is 5.75 Å². The Morgan fingerprint density at radius 1 is 0.864 bits per heavy atom. The SMILES string of the molecule is N#[N+]c1ccc2c(S(=O)(=O)c3ccccc3)cccc2c1[O-]. The molecule has 0 atom stereocenters. The van der Waals surface area contributed by atoms with Crippen LogP contribution in [-0.2, 0) is 9.84 Å². The van der Waals surface area contributed by atoms with Gasteiger partial charge in [-0.15, -0.1) is 0 Å². The van der Waals surface area contributed by atoms with Gasteiger partial charge in [-0.25, -0.2) is 8.42 Å². The molecular weight excluding hydrogens is 300 g/mol. The van der Waals surface area contributed by atoms with E-state index in [1.54, 1.807) is 18.2 Å². The Kier molecular flexibility index (Phi) is 3.28. The van der Waals surface area contributed by atoms with E-state index in [2.05, 4.69) is 4.98 Å². The first kappa shape index (κ1) is 14.0. The predicted molar refractivity (Wildman–Crippen MR) is 80.0 cm³/mol. The van der Waals surface area contributed by atoms with Crippen LogP contribution in [0.3, 0.4) is 0 Å². The van der Waals surface area contributed by atoms with E-state index in [0.717, 1.165) is 0 Å². The lowest BCUT2D eigenvalue weighted by molar-refractivity contribution is -0.264. The summed E-state index contributed by atoms with van der Waals surface area (Å²) in [5.74, 6) is -0.509. The highest BCUT2D eigenvalue weighted by molar-refractivity contribution is 7.91. The summed E-state index contributed by atoms with van der Waals surface area (Å²) in [4.78, 5) is 3.12. The van der Waals surface area contributed by atoms with Gasteiger partial charge < -0.3 is 5.11 Å². The number of fused-ring (bicyclic) bond motifs is 1. The molecule has 0 spiro atoms. The molecule has 3 aromatic carbocycles. The minimum atomic E-state index is -3.73. The van der Waals surface area contributed by atoms with Crippen LogP contribution in [0.2, 0.25) is 0 Å². The summed E-state index contributed by atoms with van der Waals surface area (Å²) in [7, 11) is -3.73. The molecule has 3 rings (SSSR count). The van der Waals surface area contributed by atoms with Crippen molar-refractivity contribution >= 4 is 26.3 Å². The molecule has 0 aromatic heterocycles. The first-order valence-corrected chi connectivity index (χ1v) is 7.92. The standard InChI is InChI=1S/C16H10N2O3S/c17-18-14-10-9-12-13(16(14)19)7-4-8-15(12)22(20,21)11-5-2-1-3-6-11/h1-10H. The zero-order chi connectivity index (χ0) is 15.7. The number of hydrogen-bond acceptors (Lipinski definition) is 4. The minimum absolute atomic E-state index is 0.0535. The van der Waals surface area contributed by atoms with Gasteiger partial charge in [0.25, 0.3) is 0 Å². The third-order valence-corrected chi connectivity index (χ3v) is 5.23. The average molecular weight is 310 g/mol. The van der Waals surface area contributed by atoms with Crippen LogP contribution in [-0.4, -0.2) is 8.42 Å². The van der Waals surface area contributed by atoms with E-state index in [9.17, 15) is 13.5 Å². The Bertz CT molecular complexity index is 1010. The fraction of sp³-hybridized carbons (Fsp3) is 0. The molecule has 0 amide bonds. The molecule has 3 aromatic rings. The van der Waals surface area contributed by atoms with Crippen molar-refractivity contribution in [1.29, 1.82) is 5.39 Å². The van der Waals surface area contributed by atoms with Gasteiger partial charge in [0, 0.05) is 11.5 Å². The molecule has 0 heterocycles. The van der Waals surface area contributed by atoms with E-state index in [0.29, 0.717) is 5.39 Å². The van der Waals surface area contributed by atoms with Crippen LogP contribution in [0.5, 0.6) is 5.75 Å². The smallest absolute Gasteiger partial charge is 0.378 e. The van der Waals surface area contributed by atoms with Gasteiger partial charge in [0.2, 0.25) is 15.2 Å². The predicted octanol–water partition coefficient (Wildman–Crippen LogP) is 3.23. The second-order valence-corrected chi connectivity index (χ2v) is 6.60. The number of sulfone groups is 1. The van der Waals surface area contributed by atoms with Gasteiger partial charge in [0.15, 0.2) is 4.98 Å². The molecular formula is C16H10N2O3S. The maximum atomic E-state index is 12.7. The zero-order valence-corrected chi connectivity index (χ0v) is 12.1. The molecule has 6 heteroatoms. The van der Waals surface area contributed by atoms with Gasteiger partial charge in [0.1, 0.15) is 0 Å². The topological polar surface area (TPSA) is 85.3 Å². The minimum Gasteiger partial charge on any atom is -0.867 e. The third kappa shape index (κ3) is 2.08. The molecule has 0 fully saturated rings. The van der Waals surface area contributed by atoms with E-state index in [1.807, 2.05) is 0 Å². The maximum Gasteiger partial charge on any atom is 0.378 e. The Hall–Kier alpha value is -2.91. The Balaban J connectivity index is 2.34. The first-order chi connectivity index (χ1) is 10.6. The number of benzene rings is 3. The summed E-state index contributed by atoms with van der Waals surface area (Å²) >= 11 is 0. The number of diazo groups is 1. The summed E-state index contributed by atoms with van der Waals surface area (Å²) < 4.78 is 25.5.